The molecule has 1 amide bonds. The summed E-state index contributed by atoms with van der Waals surface area (Å²) >= 11 is 6.43. The number of nitrogens with one attached hydrogen (secondary N) is 2. The monoisotopic (exact) mass is 433 g/mol. The summed E-state index contributed by atoms with van der Waals surface area (Å²) in [6.07, 6.45) is 5.47. The fourth-order valence-corrected chi connectivity index (χ4v) is 4.34. The number of carbonyl (C=O) groups is 1. The summed E-state index contributed by atoms with van der Waals surface area (Å²) in [5.74, 6) is -0.445. The van der Waals surface area contributed by atoms with Crippen molar-refractivity contribution in [1.29, 1.82) is 0 Å². The molecule has 1 aliphatic rings. The van der Waals surface area contributed by atoms with Crippen LogP contribution in [-0.2, 0) is 4.79 Å². The Balaban J connectivity index is 1.63. The number of aromatic nitrogens is 4. The van der Waals surface area contributed by atoms with Crippen LogP contribution in [0.1, 0.15) is 25.7 Å². The van der Waals surface area contributed by atoms with Crippen molar-refractivity contribution in [2.75, 3.05) is 5.32 Å². The molecule has 2 aromatic carbocycles. The van der Waals surface area contributed by atoms with Gasteiger partial charge in [0.15, 0.2) is 5.82 Å². The maximum Gasteiger partial charge on any atom is 0.256 e. The van der Waals surface area contributed by atoms with Gasteiger partial charge in [-0.05, 0) is 25.0 Å². The van der Waals surface area contributed by atoms with E-state index < -0.39 is 0 Å². The minimum Gasteiger partial charge on any atom is -0.491 e. The van der Waals surface area contributed by atoms with Gasteiger partial charge >= 0.3 is 0 Å². The van der Waals surface area contributed by atoms with Gasteiger partial charge in [-0.3, -0.25) is 9.89 Å². The van der Waals surface area contributed by atoms with Crippen molar-refractivity contribution in [2.45, 2.75) is 25.7 Å². The number of aromatic amines is 1. The molecule has 0 bridgehead atoms. The highest BCUT2D eigenvalue weighted by Crippen LogP contribution is 2.37. The fraction of sp³-hybridized carbons (Fsp3) is 0.217. The molecule has 1 saturated carbocycles. The van der Waals surface area contributed by atoms with E-state index in [9.17, 15) is 9.90 Å². The normalized spacial score (nSPS) is 14.2. The van der Waals surface area contributed by atoms with E-state index >= 15 is 0 Å². The van der Waals surface area contributed by atoms with Gasteiger partial charge in [0.2, 0.25) is 5.91 Å². The van der Waals surface area contributed by atoms with Crippen LogP contribution < -0.4 is 5.32 Å². The van der Waals surface area contributed by atoms with Crippen LogP contribution in [0, 0.1) is 5.92 Å². The minimum absolute atomic E-state index is 0.0524. The van der Waals surface area contributed by atoms with Crippen LogP contribution in [0.3, 0.4) is 0 Å². The third-order valence-corrected chi connectivity index (χ3v) is 5.96. The maximum absolute atomic E-state index is 12.6. The number of H-pyrrole nitrogens is 1. The third-order valence-electron chi connectivity index (χ3n) is 5.67. The van der Waals surface area contributed by atoms with E-state index in [0.29, 0.717) is 22.0 Å². The zero-order valence-corrected chi connectivity index (χ0v) is 17.4. The molecule has 1 fully saturated rings. The lowest BCUT2D eigenvalue weighted by Gasteiger charge is -2.15. The van der Waals surface area contributed by atoms with Crippen molar-refractivity contribution in [3.8, 4) is 28.4 Å². The molecular formula is C23H20ClN5O2. The topological polar surface area (TPSA) is 104 Å². The molecule has 2 heterocycles. The molecule has 5 rings (SSSR count). The Hall–Kier alpha value is -3.45. The van der Waals surface area contributed by atoms with Crippen molar-refractivity contribution < 1.29 is 9.90 Å². The SMILES string of the molecule is O=C(Nc1nc(-c2ccccc2)c(-c2cc(Cl)c3[nH]ncc3c2)nc1O)C1CCCC1. The second kappa shape index (κ2) is 8.00. The van der Waals surface area contributed by atoms with Crippen molar-refractivity contribution >= 4 is 34.2 Å². The fourth-order valence-electron chi connectivity index (χ4n) is 4.07. The number of hydrogen-bond donors (Lipinski definition) is 3. The standard InChI is InChI=1S/C23H20ClN5O2/c24-17-11-15(10-16-12-25-29-18(16)17)20-19(13-6-2-1-3-7-13)26-21(23(31)27-20)28-22(30)14-8-4-5-9-14/h1-3,6-7,10-12,14H,4-5,8-9H2,(H,25,29)(H,27,31)(H,26,28,30). The van der Waals surface area contributed by atoms with Crippen LogP contribution in [0.4, 0.5) is 5.82 Å². The second-order valence-corrected chi connectivity index (χ2v) is 8.13. The van der Waals surface area contributed by atoms with Gasteiger partial charge in [0, 0.05) is 22.4 Å². The second-order valence-electron chi connectivity index (χ2n) is 7.72. The number of nitrogens with zero attached hydrogens (tertiary/aromatic N) is 3. The summed E-state index contributed by atoms with van der Waals surface area (Å²) in [5, 5.41) is 21.6. The van der Waals surface area contributed by atoms with Gasteiger partial charge in [-0.15, -0.1) is 0 Å². The lowest BCUT2D eigenvalue weighted by atomic mass is 10.0. The molecule has 3 N–H and O–H groups in total. The Bertz CT molecular complexity index is 1270. The van der Waals surface area contributed by atoms with Crippen LogP contribution in [0.25, 0.3) is 33.4 Å². The van der Waals surface area contributed by atoms with Crippen molar-refractivity contribution in [3.05, 3.63) is 53.7 Å². The lowest BCUT2D eigenvalue weighted by Crippen LogP contribution is -2.21. The van der Waals surface area contributed by atoms with Crippen LogP contribution in [-0.4, -0.2) is 31.2 Å². The molecule has 0 atom stereocenters. The summed E-state index contributed by atoms with van der Waals surface area (Å²) in [6, 6.07) is 13.2. The molecule has 0 spiro atoms. The number of halogens is 1. The number of hydrogen-bond acceptors (Lipinski definition) is 5. The lowest BCUT2D eigenvalue weighted by molar-refractivity contribution is -0.119. The molecule has 0 saturated heterocycles. The van der Waals surface area contributed by atoms with Gasteiger partial charge in [0.1, 0.15) is 5.69 Å². The summed E-state index contributed by atoms with van der Waals surface area (Å²) in [6.45, 7) is 0. The largest absolute Gasteiger partial charge is 0.491 e. The van der Waals surface area contributed by atoms with Crippen LogP contribution >= 0.6 is 11.6 Å². The Morgan fingerprint density at radius 3 is 2.58 bits per heavy atom. The summed E-state index contributed by atoms with van der Waals surface area (Å²) < 4.78 is 0. The smallest absolute Gasteiger partial charge is 0.256 e. The summed E-state index contributed by atoms with van der Waals surface area (Å²) in [5.41, 5.74) is 3.23. The predicted octanol–water partition coefficient (Wildman–Crippen LogP) is 5.17. The number of anilines is 1. The van der Waals surface area contributed by atoms with Crippen molar-refractivity contribution in [3.63, 3.8) is 0 Å². The first kappa shape index (κ1) is 19.5. The Labute approximate surface area is 183 Å². The zero-order chi connectivity index (χ0) is 21.4. The van der Waals surface area contributed by atoms with E-state index in [4.69, 9.17) is 11.6 Å². The molecule has 156 valence electrons. The zero-order valence-electron chi connectivity index (χ0n) is 16.6. The number of benzene rings is 2. The highest BCUT2D eigenvalue weighted by atomic mass is 35.5. The molecule has 8 heteroatoms. The van der Waals surface area contributed by atoms with E-state index in [1.807, 2.05) is 36.4 Å². The molecule has 31 heavy (non-hydrogen) atoms. The van der Waals surface area contributed by atoms with Gasteiger partial charge in [-0.1, -0.05) is 54.8 Å². The van der Waals surface area contributed by atoms with Gasteiger partial charge in [0.05, 0.1) is 22.4 Å². The van der Waals surface area contributed by atoms with E-state index in [1.54, 1.807) is 12.3 Å². The molecular weight excluding hydrogens is 414 g/mol. The van der Waals surface area contributed by atoms with E-state index in [2.05, 4.69) is 25.5 Å². The van der Waals surface area contributed by atoms with Crippen LogP contribution in [0.5, 0.6) is 5.88 Å². The van der Waals surface area contributed by atoms with E-state index in [1.165, 1.54) is 0 Å². The molecule has 0 aliphatic heterocycles. The maximum atomic E-state index is 12.6. The van der Waals surface area contributed by atoms with Gasteiger partial charge < -0.3 is 10.4 Å². The van der Waals surface area contributed by atoms with Crippen LogP contribution in [0.2, 0.25) is 5.02 Å². The van der Waals surface area contributed by atoms with Gasteiger partial charge in [-0.2, -0.15) is 5.10 Å². The van der Waals surface area contributed by atoms with Crippen molar-refractivity contribution in [2.24, 2.45) is 5.92 Å². The minimum atomic E-state index is -0.329. The number of carbonyl (C=O) groups excluding carboxylic acids is 1. The quantitative estimate of drug-likeness (QED) is 0.411. The van der Waals surface area contributed by atoms with E-state index in [0.717, 1.165) is 42.1 Å². The number of rotatable bonds is 4. The predicted molar refractivity (Wildman–Crippen MR) is 120 cm³/mol. The molecule has 1 aliphatic carbocycles. The molecule has 0 unspecified atom stereocenters. The van der Waals surface area contributed by atoms with Crippen molar-refractivity contribution in [1.82, 2.24) is 20.2 Å². The number of aromatic hydroxyl groups is 1. The Morgan fingerprint density at radius 1 is 1.06 bits per heavy atom. The first-order valence-electron chi connectivity index (χ1n) is 10.2. The molecule has 4 aromatic rings. The first-order valence-corrected chi connectivity index (χ1v) is 10.6. The Morgan fingerprint density at radius 2 is 1.81 bits per heavy atom. The average Bonchev–Trinajstić information content (AvgIpc) is 3.48. The van der Waals surface area contributed by atoms with Crippen LogP contribution in [0.15, 0.2) is 48.7 Å². The first-order chi connectivity index (χ1) is 15.1. The third kappa shape index (κ3) is 3.72. The highest BCUT2D eigenvalue weighted by Gasteiger charge is 2.25. The molecule has 2 aromatic heterocycles. The van der Waals surface area contributed by atoms with Gasteiger partial charge in [-0.25, -0.2) is 9.97 Å². The van der Waals surface area contributed by atoms with Gasteiger partial charge in [0.25, 0.3) is 5.88 Å². The van der Waals surface area contributed by atoms with E-state index in [-0.39, 0.29) is 23.5 Å². The molecule has 7 nitrogen and oxygen atoms in total. The highest BCUT2D eigenvalue weighted by molar-refractivity contribution is 6.35. The Kier molecular flexibility index (Phi) is 5.03. The molecule has 0 radical (unpaired) electrons. The average molecular weight is 434 g/mol. The summed E-state index contributed by atoms with van der Waals surface area (Å²) in [7, 11) is 0. The number of amides is 1. The number of fused-ring (bicyclic) bond motifs is 1. The summed E-state index contributed by atoms with van der Waals surface area (Å²) in [4.78, 5) is 21.7.